The highest BCUT2D eigenvalue weighted by Crippen LogP contribution is 2.13. The van der Waals surface area contributed by atoms with Gasteiger partial charge in [-0.05, 0) is 31.7 Å². The number of carbonyl (C=O) groups excluding carboxylic acids is 1. The van der Waals surface area contributed by atoms with E-state index in [0.717, 1.165) is 44.8 Å². The van der Waals surface area contributed by atoms with Crippen molar-refractivity contribution < 1.29 is 9.32 Å². The molecule has 1 fully saturated rings. The van der Waals surface area contributed by atoms with Crippen molar-refractivity contribution in [3.63, 3.8) is 0 Å². The average molecular weight is 348 g/mol. The molecule has 3 heterocycles. The number of nitrogens with one attached hydrogen (secondary N) is 1. The summed E-state index contributed by atoms with van der Waals surface area (Å²) >= 11 is 1.82. The van der Waals surface area contributed by atoms with Gasteiger partial charge in [-0.15, -0.1) is 11.3 Å². The number of anilines is 1. The van der Waals surface area contributed by atoms with E-state index in [4.69, 9.17) is 4.52 Å². The first kappa shape index (κ1) is 17.1. The first-order valence-corrected chi connectivity index (χ1v) is 9.23. The zero-order valence-electron chi connectivity index (χ0n) is 14.2. The first-order valence-electron chi connectivity index (χ1n) is 8.35. The molecule has 2 aromatic rings. The highest BCUT2D eigenvalue weighted by atomic mass is 32.1. The van der Waals surface area contributed by atoms with E-state index in [0.29, 0.717) is 5.88 Å². The summed E-state index contributed by atoms with van der Waals surface area (Å²) in [5.74, 6) is 0.372. The van der Waals surface area contributed by atoms with Crippen molar-refractivity contribution in [3.05, 3.63) is 34.2 Å². The Morgan fingerprint density at radius 3 is 2.83 bits per heavy atom. The number of hydrogen-bond donors (Lipinski definition) is 1. The van der Waals surface area contributed by atoms with Gasteiger partial charge in [-0.25, -0.2) is 0 Å². The third kappa shape index (κ3) is 4.43. The molecule has 2 aromatic heterocycles. The summed E-state index contributed by atoms with van der Waals surface area (Å²) < 4.78 is 5.05. The Hall–Kier alpha value is -1.70. The van der Waals surface area contributed by atoms with E-state index in [9.17, 15) is 4.79 Å². The van der Waals surface area contributed by atoms with Crippen LogP contribution in [0.2, 0.25) is 0 Å². The lowest BCUT2D eigenvalue weighted by Gasteiger charge is -2.37. The standard InChI is InChI=1S/C17H24N4O2S/c1-13-12-16(23-19-13)18-17(22)14(2)21-9-7-20(8-10-21)6-5-15-4-3-11-24-15/h3-4,11-12,14H,5-10H2,1-2H3,(H,18,22)/t14-/m0/s1. The van der Waals surface area contributed by atoms with Gasteiger partial charge < -0.3 is 9.42 Å². The van der Waals surface area contributed by atoms with Gasteiger partial charge in [0, 0.05) is 43.7 Å². The zero-order chi connectivity index (χ0) is 16.9. The van der Waals surface area contributed by atoms with E-state index in [-0.39, 0.29) is 11.9 Å². The molecule has 0 aliphatic carbocycles. The third-order valence-electron chi connectivity index (χ3n) is 4.46. The highest BCUT2D eigenvalue weighted by molar-refractivity contribution is 7.09. The fourth-order valence-corrected chi connectivity index (χ4v) is 3.61. The maximum atomic E-state index is 12.3. The predicted octanol–water partition coefficient (Wildman–Crippen LogP) is 2.23. The van der Waals surface area contributed by atoms with Crippen molar-refractivity contribution in [1.29, 1.82) is 0 Å². The molecule has 6 nitrogen and oxygen atoms in total. The maximum absolute atomic E-state index is 12.3. The van der Waals surface area contributed by atoms with Crippen molar-refractivity contribution in [1.82, 2.24) is 15.0 Å². The van der Waals surface area contributed by atoms with E-state index in [2.05, 4.69) is 37.8 Å². The van der Waals surface area contributed by atoms with Crippen molar-refractivity contribution in [2.75, 3.05) is 38.0 Å². The fourth-order valence-electron chi connectivity index (χ4n) is 2.91. The highest BCUT2D eigenvalue weighted by Gasteiger charge is 2.26. The van der Waals surface area contributed by atoms with E-state index in [1.165, 1.54) is 4.88 Å². The molecule has 0 unspecified atom stereocenters. The molecule has 1 saturated heterocycles. The molecule has 1 atom stereocenters. The normalized spacial score (nSPS) is 17.8. The number of piperazine rings is 1. The Labute approximate surface area is 146 Å². The third-order valence-corrected chi connectivity index (χ3v) is 5.40. The topological polar surface area (TPSA) is 61.6 Å². The molecule has 0 aromatic carbocycles. The summed E-state index contributed by atoms with van der Waals surface area (Å²) in [6.07, 6.45) is 1.11. The minimum atomic E-state index is -0.171. The van der Waals surface area contributed by atoms with Crippen LogP contribution >= 0.6 is 11.3 Å². The monoisotopic (exact) mass is 348 g/mol. The van der Waals surface area contributed by atoms with Gasteiger partial charge in [-0.1, -0.05) is 11.2 Å². The van der Waals surface area contributed by atoms with Crippen molar-refractivity contribution in [2.45, 2.75) is 26.3 Å². The Kier molecular flexibility index (Phi) is 5.65. The molecule has 1 N–H and O–H groups in total. The number of aryl methyl sites for hydroxylation is 1. The van der Waals surface area contributed by atoms with Crippen LogP contribution in [0, 0.1) is 6.92 Å². The average Bonchev–Trinajstić information content (AvgIpc) is 3.24. The van der Waals surface area contributed by atoms with Gasteiger partial charge in [-0.3, -0.25) is 15.0 Å². The van der Waals surface area contributed by atoms with Crippen molar-refractivity contribution >= 4 is 23.1 Å². The summed E-state index contributed by atoms with van der Waals surface area (Å²) in [5.41, 5.74) is 0.761. The van der Waals surface area contributed by atoms with Crippen LogP contribution in [0.3, 0.4) is 0 Å². The van der Waals surface area contributed by atoms with Gasteiger partial charge >= 0.3 is 0 Å². The molecular weight excluding hydrogens is 324 g/mol. The number of nitrogens with zero attached hydrogens (tertiary/aromatic N) is 3. The molecule has 7 heteroatoms. The Bertz CT molecular complexity index is 647. The smallest absolute Gasteiger partial charge is 0.243 e. The lowest BCUT2D eigenvalue weighted by Crippen LogP contribution is -2.53. The van der Waals surface area contributed by atoms with Gasteiger partial charge in [0.1, 0.15) is 0 Å². The minimum absolute atomic E-state index is 0.0433. The molecule has 1 amide bonds. The van der Waals surface area contributed by atoms with Crippen LogP contribution in [0.15, 0.2) is 28.1 Å². The lowest BCUT2D eigenvalue weighted by molar-refractivity contribution is -0.121. The number of amides is 1. The second-order valence-electron chi connectivity index (χ2n) is 6.20. The van der Waals surface area contributed by atoms with Gasteiger partial charge in [0.15, 0.2) is 0 Å². The van der Waals surface area contributed by atoms with Crippen LogP contribution in [-0.2, 0) is 11.2 Å². The van der Waals surface area contributed by atoms with Crippen LogP contribution in [0.5, 0.6) is 0 Å². The van der Waals surface area contributed by atoms with Gasteiger partial charge in [0.25, 0.3) is 0 Å². The number of thiophene rings is 1. The summed E-state index contributed by atoms with van der Waals surface area (Å²) in [4.78, 5) is 18.5. The molecule has 1 aliphatic rings. The van der Waals surface area contributed by atoms with Gasteiger partial charge in [0.05, 0.1) is 11.7 Å². The number of aromatic nitrogens is 1. The van der Waals surface area contributed by atoms with Crippen LogP contribution < -0.4 is 5.32 Å². The number of carbonyl (C=O) groups is 1. The van der Waals surface area contributed by atoms with Crippen molar-refractivity contribution in [2.24, 2.45) is 0 Å². The van der Waals surface area contributed by atoms with E-state index in [1.54, 1.807) is 6.07 Å². The fraction of sp³-hybridized carbons (Fsp3) is 0.529. The first-order chi connectivity index (χ1) is 11.6. The van der Waals surface area contributed by atoms with E-state index < -0.39 is 0 Å². The second kappa shape index (κ2) is 7.92. The largest absolute Gasteiger partial charge is 0.338 e. The second-order valence-corrected chi connectivity index (χ2v) is 7.24. The van der Waals surface area contributed by atoms with Crippen LogP contribution in [0.25, 0.3) is 0 Å². The lowest BCUT2D eigenvalue weighted by atomic mass is 10.2. The molecule has 130 valence electrons. The Morgan fingerprint density at radius 1 is 1.42 bits per heavy atom. The summed E-state index contributed by atoms with van der Waals surface area (Å²) in [7, 11) is 0. The zero-order valence-corrected chi connectivity index (χ0v) is 15.0. The molecule has 1 aliphatic heterocycles. The maximum Gasteiger partial charge on any atom is 0.243 e. The van der Waals surface area contributed by atoms with E-state index >= 15 is 0 Å². The van der Waals surface area contributed by atoms with Crippen LogP contribution in [0.1, 0.15) is 17.5 Å². The SMILES string of the molecule is Cc1cc(NC(=O)[C@H](C)N2CCN(CCc3cccs3)CC2)on1. The summed E-state index contributed by atoms with van der Waals surface area (Å²) in [6.45, 7) is 8.70. The number of hydrogen-bond acceptors (Lipinski definition) is 6. The molecule has 0 radical (unpaired) electrons. The van der Waals surface area contributed by atoms with Crippen LogP contribution in [0.4, 0.5) is 5.88 Å². The van der Waals surface area contributed by atoms with Gasteiger partial charge in [0.2, 0.25) is 11.8 Å². The predicted molar refractivity (Wildman–Crippen MR) is 95.4 cm³/mol. The number of rotatable bonds is 6. The quantitative estimate of drug-likeness (QED) is 0.867. The van der Waals surface area contributed by atoms with Crippen LogP contribution in [-0.4, -0.2) is 59.6 Å². The van der Waals surface area contributed by atoms with Gasteiger partial charge in [-0.2, -0.15) is 0 Å². The van der Waals surface area contributed by atoms with E-state index in [1.807, 2.05) is 25.2 Å². The Balaban J connectivity index is 1.42. The molecule has 0 bridgehead atoms. The molecular formula is C17H24N4O2S. The van der Waals surface area contributed by atoms with Crippen molar-refractivity contribution in [3.8, 4) is 0 Å². The Morgan fingerprint density at radius 2 is 2.21 bits per heavy atom. The molecule has 24 heavy (non-hydrogen) atoms. The molecule has 0 spiro atoms. The summed E-state index contributed by atoms with van der Waals surface area (Å²) in [6, 6.07) is 5.86. The molecule has 3 rings (SSSR count). The summed E-state index contributed by atoms with van der Waals surface area (Å²) in [5, 5.41) is 8.71. The minimum Gasteiger partial charge on any atom is -0.338 e. The molecule has 0 saturated carbocycles.